The second kappa shape index (κ2) is 5.64. The molecular formula is C13H17N3O2. The highest BCUT2D eigenvalue weighted by atomic mass is 16.5. The second-order valence-corrected chi connectivity index (χ2v) is 4.11. The first-order valence-electron chi connectivity index (χ1n) is 5.88. The summed E-state index contributed by atoms with van der Waals surface area (Å²) in [5, 5.41) is 6.90. The lowest BCUT2D eigenvalue weighted by atomic mass is 10.1. The summed E-state index contributed by atoms with van der Waals surface area (Å²) in [6.45, 7) is 4.17. The van der Waals surface area contributed by atoms with Crippen molar-refractivity contribution in [2.45, 2.75) is 26.5 Å². The van der Waals surface area contributed by atoms with Crippen LogP contribution in [0.25, 0.3) is 0 Å². The third kappa shape index (κ3) is 3.07. The molecule has 2 aromatic rings. The first-order chi connectivity index (χ1) is 8.69. The third-order valence-corrected chi connectivity index (χ3v) is 2.72. The number of ether oxygens (including phenoxy) is 1. The van der Waals surface area contributed by atoms with Gasteiger partial charge in [-0.3, -0.25) is 0 Å². The fourth-order valence-corrected chi connectivity index (χ4v) is 1.58. The van der Waals surface area contributed by atoms with Crippen molar-refractivity contribution < 1.29 is 9.26 Å². The number of nitrogens with one attached hydrogen (secondary N) is 1. The molecule has 1 unspecified atom stereocenters. The Kier molecular flexibility index (Phi) is 3.94. The third-order valence-electron chi connectivity index (χ3n) is 2.72. The molecule has 0 bridgehead atoms. The van der Waals surface area contributed by atoms with Gasteiger partial charge in [0.05, 0.1) is 0 Å². The number of benzene rings is 1. The van der Waals surface area contributed by atoms with Crippen LogP contribution < -0.4 is 10.1 Å². The molecule has 96 valence electrons. The molecular weight excluding hydrogens is 230 g/mol. The van der Waals surface area contributed by atoms with Gasteiger partial charge in [-0.05, 0) is 38.6 Å². The number of aryl methyl sites for hydroxylation is 1. The van der Waals surface area contributed by atoms with Crippen LogP contribution in [-0.2, 0) is 6.61 Å². The van der Waals surface area contributed by atoms with Crippen LogP contribution in [0.1, 0.15) is 30.2 Å². The average Bonchev–Trinajstić information content (AvgIpc) is 2.81. The predicted molar refractivity (Wildman–Crippen MR) is 67.3 cm³/mol. The molecule has 18 heavy (non-hydrogen) atoms. The first kappa shape index (κ1) is 12.6. The van der Waals surface area contributed by atoms with Crippen molar-refractivity contribution in [2.24, 2.45) is 0 Å². The van der Waals surface area contributed by atoms with Gasteiger partial charge in [-0.1, -0.05) is 17.3 Å². The molecule has 1 N–H and O–H groups in total. The van der Waals surface area contributed by atoms with Crippen molar-refractivity contribution >= 4 is 0 Å². The van der Waals surface area contributed by atoms with E-state index < -0.39 is 0 Å². The van der Waals surface area contributed by atoms with Crippen LogP contribution >= 0.6 is 0 Å². The fourth-order valence-electron chi connectivity index (χ4n) is 1.58. The van der Waals surface area contributed by atoms with Crippen LogP contribution in [0.15, 0.2) is 28.8 Å². The molecule has 0 aliphatic rings. The summed E-state index contributed by atoms with van der Waals surface area (Å²) in [5.41, 5.74) is 1.18. The normalized spacial score (nSPS) is 12.4. The minimum atomic E-state index is 0.290. The Morgan fingerprint density at radius 3 is 2.94 bits per heavy atom. The molecule has 5 heteroatoms. The van der Waals surface area contributed by atoms with Crippen LogP contribution in [0.5, 0.6) is 5.75 Å². The molecule has 1 aromatic heterocycles. The van der Waals surface area contributed by atoms with Crippen LogP contribution in [0.2, 0.25) is 0 Å². The van der Waals surface area contributed by atoms with Crippen LogP contribution in [-0.4, -0.2) is 17.2 Å². The summed E-state index contributed by atoms with van der Waals surface area (Å²) in [4.78, 5) is 4.08. The van der Waals surface area contributed by atoms with Crippen molar-refractivity contribution in [1.29, 1.82) is 0 Å². The summed E-state index contributed by atoms with van der Waals surface area (Å²) in [5.74, 6) is 1.90. The Morgan fingerprint density at radius 2 is 2.28 bits per heavy atom. The Balaban J connectivity index is 2.01. The zero-order chi connectivity index (χ0) is 13.0. The zero-order valence-electron chi connectivity index (χ0n) is 10.8. The van der Waals surface area contributed by atoms with E-state index in [9.17, 15) is 0 Å². The van der Waals surface area contributed by atoms with Gasteiger partial charge in [0, 0.05) is 6.04 Å². The minimum absolute atomic E-state index is 0.290. The molecule has 0 saturated heterocycles. The SMILES string of the molecule is CNC(C)c1cccc(OCc2nc(C)no2)c1. The molecule has 1 atom stereocenters. The Hall–Kier alpha value is -1.88. The summed E-state index contributed by atoms with van der Waals surface area (Å²) >= 11 is 0. The highest BCUT2D eigenvalue weighted by molar-refractivity contribution is 5.30. The van der Waals surface area contributed by atoms with Crippen molar-refractivity contribution in [3.63, 3.8) is 0 Å². The van der Waals surface area contributed by atoms with Gasteiger partial charge in [-0.2, -0.15) is 4.98 Å². The molecule has 0 saturated carbocycles. The lowest BCUT2D eigenvalue weighted by Crippen LogP contribution is -2.12. The summed E-state index contributed by atoms with van der Waals surface area (Å²) < 4.78 is 10.6. The summed E-state index contributed by atoms with van der Waals surface area (Å²) in [6.07, 6.45) is 0. The second-order valence-electron chi connectivity index (χ2n) is 4.11. The molecule has 0 fully saturated rings. The zero-order valence-corrected chi connectivity index (χ0v) is 10.8. The van der Waals surface area contributed by atoms with E-state index in [4.69, 9.17) is 9.26 Å². The molecule has 2 rings (SSSR count). The van der Waals surface area contributed by atoms with Gasteiger partial charge in [0.15, 0.2) is 12.4 Å². The molecule has 0 aliphatic heterocycles. The summed E-state index contributed by atoms with van der Waals surface area (Å²) in [6, 6.07) is 8.24. The Labute approximate surface area is 106 Å². The summed E-state index contributed by atoms with van der Waals surface area (Å²) in [7, 11) is 1.93. The largest absolute Gasteiger partial charge is 0.484 e. The maximum Gasteiger partial charge on any atom is 0.264 e. The van der Waals surface area contributed by atoms with Crippen molar-refractivity contribution in [3.8, 4) is 5.75 Å². The Morgan fingerprint density at radius 1 is 1.44 bits per heavy atom. The van der Waals surface area contributed by atoms with Gasteiger partial charge < -0.3 is 14.6 Å². The smallest absolute Gasteiger partial charge is 0.264 e. The molecule has 5 nitrogen and oxygen atoms in total. The average molecular weight is 247 g/mol. The number of aromatic nitrogens is 2. The van der Waals surface area contributed by atoms with E-state index in [2.05, 4.69) is 28.4 Å². The molecule has 1 heterocycles. The maximum atomic E-state index is 5.62. The van der Waals surface area contributed by atoms with Gasteiger partial charge in [0.1, 0.15) is 5.75 Å². The first-order valence-corrected chi connectivity index (χ1v) is 5.88. The van der Waals surface area contributed by atoms with E-state index >= 15 is 0 Å². The minimum Gasteiger partial charge on any atom is -0.484 e. The topological polar surface area (TPSA) is 60.2 Å². The molecule has 1 aromatic carbocycles. The van der Waals surface area contributed by atoms with Crippen LogP contribution in [0, 0.1) is 6.92 Å². The monoisotopic (exact) mass is 247 g/mol. The van der Waals surface area contributed by atoms with Crippen LogP contribution in [0.3, 0.4) is 0 Å². The van der Waals surface area contributed by atoms with E-state index in [0.29, 0.717) is 17.8 Å². The number of hydrogen-bond acceptors (Lipinski definition) is 5. The highest BCUT2D eigenvalue weighted by Crippen LogP contribution is 2.19. The molecule has 0 spiro atoms. The lowest BCUT2D eigenvalue weighted by Gasteiger charge is -2.12. The van der Waals surface area contributed by atoms with Gasteiger partial charge >= 0.3 is 0 Å². The quantitative estimate of drug-likeness (QED) is 0.878. The Bertz CT molecular complexity index is 510. The lowest BCUT2D eigenvalue weighted by molar-refractivity contribution is 0.242. The van der Waals surface area contributed by atoms with E-state index in [1.807, 2.05) is 25.2 Å². The van der Waals surface area contributed by atoms with Crippen molar-refractivity contribution in [3.05, 3.63) is 41.5 Å². The van der Waals surface area contributed by atoms with Gasteiger partial charge in [0.2, 0.25) is 0 Å². The highest BCUT2D eigenvalue weighted by Gasteiger charge is 2.06. The van der Waals surface area contributed by atoms with E-state index in [-0.39, 0.29) is 6.61 Å². The van der Waals surface area contributed by atoms with Crippen LogP contribution in [0.4, 0.5) is 0 Å². The van der Waals surface area contributed by atoms with Gasteiger partial charge in [-0.25, -0.2) is 0 Å². The van der Waals surface area contributed by atoms with E-state index in [1.165, 1.54) is 5.56 Å². The molecule has 0 radical (unpaired) electrons. The number of hydrogen-bond donors (Lipinski definition) is 1. The maximum absolute atomic E-state index is 5.62. The standard InChI is InChI=1S/C13H17N3O2/c1-9(14-3)11-5-4-6-12(7-11)17-8-13-15-10(2)16-18-13/h4-7,9,14H,8H2,1-3H3. The number of nitrogens with zero attached hydrogens (tertiary/aromatic N) is 2. The predicted octanol–water partition coefficient (Wildman–Crippen LogP) is 2.24. The number of rotatable bonds is 5. The van der Waals surface area contributed by atoms with Crippen molar-refractivity contribution in [1.82, 2.24) is 15.5 Å². The van der Waals surface area contributed by atoms with Crippen molar-refractivity contribution in [2.75, 3.05) is 7.05 Å². The molecule has 0 amide bonds. The molecule has 0 aliphatic carbocycles. The van der Waals surface area contributed by atoms with Gasteiger partial charge in [0.25, 0.3) is 5.89 Å². The van der Waals surface area contributed by atoms with Gasteiger partial charge in [-0.15, -0.1) is 0 Å². The van der Waals surface area contributed by atoms with E-state index in [0.717, 1.165) is 5.75 Å². The fraction of sp³-hybridized carbons (Fsp3) is 0.385. The van der Waals surface area contributed by atoms with E-state index in [1.54, 1.807) is 6.92 Å².